The van der Waals surface area contributed by atoms with E-state index in [1.54, 1.807) is 6.07 Å². The molecule has 25 heavy (non-hydrogen) atoms. The largest absolute Gasteiger partial charge is 0.452 e. The second-order valence-corrected chi connectivity index (χ2v) is 4.65. The van der Waals surface area contributed by atoms with E-state index in [-0.39, 0.29) is 5.56 Å². The van der Waals surface area contributed by atoms with Crippen molar-refractivity contribution in [1.29, 1.82) is 5.26 Å². The first kappa shape index (κ1) is 17.9. The molecule has 128 valence electrons. The van der Waals surface area contributed by atoms with E-state index in [1.165, 1.54) is 6.07 Å². The monoisotopic (exact) mass is 352 g/mol. The molecule has 5 nitrogen and oxygen atoms in total. The molecule has 1 N–H and O–H groups in total. The van der Waals surface area contributed by atoms with Crippen LogP contribution in [0.25, 0.3) is 0 Å². The lowest BCUT2D eigenvalue weighted by molar-refractivity contribution is -0.119. The molecule has 0 unspecified atom stereocenters. The minimum Gasteiger partial charge on any atom is -0.452 e. The van der Waals surface area contributed by atoms with Gasteiger partial charge in [-0.15, -0.1) is 0 Å². The van der Waals surface area contributed by atoms with Crippen molar-refractivity contribution in [1.82, 2.24) is 0 Å². The number of carbonyl (C=O) groups is 2. The van der Waals surface area contributed by atoms with E-state index < -0.39 is 53.0 Å². The summed E-state index contributed by atoms with van der Waals surface area (Å²) in [7, 11) is 0. The van der Waals surface area contributed by atoms with Crippen LogP contribution >= 0.6 is 0 Å². The summed E-state index contributed by atoms with van der Waals surface area (Å²) in [6.07, 6.45) is 0. The maximum absolute atomic E-state index is 13.6. The third kappa shape index (κ3) is 4.11. The van der Waals surface area contributed by atoms with Crippen LogP contribution in [0.1, 0.15) is 15.9 Å². The SMILES string of the molecule is N#Cc1ccc(C(=O)OCC(=O)Nc2ccc(F)c(F)c2F)c(F)c1. The summed E-state index contributed by atoms with van der Waals surface area (Å²) in [4.78, 5) is 23.3. The number of nitrogens with zero attached hydrogens (tertiary/aromatic N) is 1. The number of halogens is 4. The molecule has 1 amide bonds. The molecule has 2 aromatic carbocycles. The first-order valence-electron chi connectivity index (χ1n) is 6.63. The van der Waals surface area contributed by atoms with E-state index in [0.717, 1.165) is 18.2 Å². The van der Waals surface area contributed by atoms with Crippen molar-refractivity contribution in [2.45, 2.75) is 0 Å². The Morgan fingerprint density at radius 3 is 2.40 bits per heavy atom. The van der Waals surface area contributed by atoms with E-state index in [9.17, 15) is 27.2 Å². The number of carbonyl (C=O) groups excluding carboxylic acids is 2. The smallest absolute Gasteiger partial charge is 0.341 e. The Morgan fingerprint density at radius 1 is 1.04 bits per heavy atom. The molecule has 0 saturated heterocycles. The number of nitriles is 1. The van der Waals surface area contributed by atoms with Gasteiger partial charge in [-0.3, -0.25) is 4.79 Å². The van der Waals surface area contributed by atoms with Crippen molar-refractivity contribution in [2.75, 3.05) is 11.9 Å². The van der Waals surface area contributed by atoms with Crippen LogP contribution in [-0.2, 0) is 9.53 Å². The summed E-state index contributed by atoms with van der Waals surface area (Å²) in [5.74, 6) is -8.07. The Bertz CT molecular complexity index is 894. The molecule has 9 heteroatoms. The molecular weight excluding hydrogens is 344 g/mol. The minimum absolute atomic E-state index is 0.0133. The molecule has 0 fully saturated rings. The zero-order chi connectivity index (χ0) is 18.6. The van der Waals surface area contributed by atoms with Gasteiger partial charge in [-0.05, 0) is 30.3 Å². The zero-order valence-corrected chi connectivity index (χ0v) is 12.3. The Hall–Kier alpha value is -3.41. The van der Waals surface area contributed by atoms with Gasteiger partial charge in [0.05, 0.1) is 22.9 Å². The van der Waals surface area contributed by atoms with E-state index in [2.05, 4.69) is 4.74 Å². The molecule has 0 atom stereocenters. The Balaban J connectivity index is 2.00. The first-order valence-corrected chi connectivity index (χ1v) is 6.63. The quantitative estimate of drug-likeness (QED) is 0.521. The van der Waals surface area contributed by atoms with Crippen molar-refractivity contribution in [3.05, 3.63) is 64.7 Å². The molecule has 0 saturated carbocycles. The number of hydrogen-bond donors (Lipinski definition) is 1. The Kier molecular flexibility index (Phi) is 5.34. The summed E-state index contributed by atoms with van der Waals surface area (Å²) >= 11 is 0. The Labute approximate surface area is 138 Å². The highest BCUT2D eigenvalue weighted by Gasteiger charge is 2.18. The molecule has 0 aromatic heterocycles. The highest BCUT2D eigenvalue weighted by Crippen LogP contribution is 2.19. The molecule has 0 heterocycles. The lowest BCUT2D eigenvalue weighted by atomic mass is 10.1. The lowest BCUT2D eigenvalue weighted by Crippen LogP contribution is -2.22. The van der Waals surface area contributed by atoms with Gasteiger partial charge in [-0.2, -0.15) is 5.26 Å². The molecule has 2 rings (SSSR count). The van der Waals surface area contributed by atoms with Crippen molar-refractivity contribution < 1.29 is 31.9 Å². The van der Waals surface area contributed by atoms with Crippen LogP contribution in [0.15, 0.2) is 30.3 Å². The molecule has 0 spiro atoms. The van der Waals surface area contributed by atoms with Crippen molar-refractivity contribution in [3.63, 3.8) is 0 Å². The number of ether oxygens (including phenoxy) is 1. The summed E-state index contributed by atoms with van der Waals surface area (Å²) < 4.78 is 57.4. The normalized spacial score (nSPS) is 10.0. The summed E-state index contributed by atoms with van der Waals surface area (Å²) in [5.41, 5.74) is -1.17. The van der Waals surface area contributed by atoms with E-state index in [1.807, 2.05) is 5.32 Å². The maximum Gasteiger partial charge on any atom is 0.341 e. The van der Waals surface area contributed by atoms with E-state index in [0.29, 0.717) is 6.07 Å². The van der Waals surface area contributed by atoms with Crippen LogP contribution in [0.4, 0.5) is 23.2 Å². The average molecular weight is 352 g/mol. The third-order valence-electron chi connectivity index (χ3n) is 2.96. The predicted octanol–water partition coefficient (Wildman–Crippen LogP) is 2.91. The second kappa shape index (κ2) is 7.44. The van der Waals surface area contributed by atoms with Gasteiger partial charge in [0.2, 0.25) is 0 Å². The molecule has 0 aliphatic heterocycles. The van der Waals surface area contributed by atoms with Gasteiger partial charge >= 0.3 is 5.97 Å². The van der Waals surface area contributed by atoms with Crippen LogP contribution in [0.2, 0.25) is 0 Å². The molecule has 0 radical (unpaired) electrons. The zero-order valence-electron chi connectivity index (χ0n) is 12.3. The summed E-state index contributed by atoms with van der Waals surface area (Å²) in [6.45, 7) is -0.920. The minimum atomic E-state index is -1.77. The van der Waals surface area contributed by atoms with Gasteiger partial charge in [0.1, 0.15) is 5.82 Å². The number of nitrogens with one attached hydrogen (secondary N) is 1. The number of esters is 1. The van der Waals surface area contributed by atoms with Gasteiger partial charge in [0, 0.05) is 0 Å². The fourth-order valence-corrected chi connectivity index (χ4v) is 1.77. The Morgan fingerprint density at radius 2 is 1.76 bits per heavy atom. The van der Waals surface area contributed by atoms with Crippen LogP contribution in [-0.4, -0.2) is 18.5 Å². The summed E-state index contributed by atoms with van der Waals surface area (Å²) in [6, 6.07) is 6.06. The van der Waals surface area contributed by atoms with Gasteiger partial charge < -0.3 is 10.1 Å². The van der Waals surface area contributed by atoms with Crippen molar-refractivity contribution >= 4 is 17.6 Å². The fraction of sp³-hybridized carbons (Fsp3) is 0.0625. The standard InChI is InChI=1S/C16H8F4N2O3/c17-10-3-4-12(15(20)14(10)19)22-13(23)7-25-16(24)9-2-1-8(6-21)5-11(9)18/h1-5H,7H2,(H,22,23). The number of rotatable bonds is 4. The van der Waals surface area contributed by atoms with Crippen molar-refractivity contribution in [3.8, 4) is 6.07 Å². The van der Waals surface area contributed by atoms with Crippen LogP contribution in [0.5, 0.6) is 0 Å². The number of amides is 1. The number of anilines is 1. The highest BCUT2D eigenvalue weighted by molar-refractivity contribution is 5.95. The molecule has 0 bridgehead atoms. The van der Waals surface area contributed by atoms with E-state index >= 15 is 0 Å². The topological polar surface area (TPSA) is 79.2 Å². The first-order chi connectivity index (χ1) is 11.8. The fourth-order valence-electron chi connectivity index (χ4n) is 1.77. The van der Waals surface area contributed by atoms with Crippen molar-refractivity contribution in [2.24, 2.45) is 0 Å². The second-order valence-electron chi connectivity index (χ2n) is 4.65. The lowest BCUT2D eigenvalue weighted by Gasteiger charge is -2.08. The predicted molar refractivity (Wildman–Crippen MR) is 76.3 cm³/mol. The van der Waals surface area contributed by atoms with E-state index in [4.69, 9.17) is 5.26 Å². The molecule has 2 aromatic rings. The molecular formula is C16H8F4N2O3. The van der Waals surface area contributed by atoms with Crippen LogP contribution < -0.4 is 5.32 Å². The average Bonchev–Trinajstić information content (AvgIpc) is 2.60. The van der Waals surface area contributed by atoms with Gasteiger partial charge in [0.15, 0.2) is 24.1 Å². The molecule has 0 aliphatic rings. The third-order valence-corrected chi connectivity index (χ3v) is 2.96. The molecule has 0 aliphatic carbocycles. The van der Waals surface area contributed by atoms with Gasteiger partial charge in [-0.25, -0.2) is 22.4 Å². The maximum atomic E-state index is 13.6. The summed E-state index contributed by atoms with van der Waals surface area (Å²) in [5, 5.41) is 10.5. The highest BCUT2D eigenvalue weighted by atomic mass is 19.2. The van der Waals surface area contributed by atoms with Gasteiger partial charge in [-0.1, -0.05) is 0 Å². The van der Waals surface area contributed by atoms with Gasteiger partial charge in [0.25, 0.3) is 5.91 Å². The van der Waals surface area contributed by atoms with Crippen LogP contribution in [0.3, 0.4) is 0 Å². The number of hydrogen-bond acceptors (Lipinski definition) is 4. The number of benzene rings is 2. The van der Waals surface area contributed by atoms with Crippen LogP contribution in [0, 0.1) is 34.6 Å².